The molecule has 0 spiro atoms. The lowest BCUT2D eigenvalue weighted by Crippen LogP contribution is -2.30. The molecule has 0 amide bonds. The molecule has 0 aliphatic carbocycles. The van der Waals surface area contributed by atoms with Crippen LogP contribution in [0.3, 0.4) is 0 Å². The van der Waals surface area contributed by atoms with Gasteiger partial charge in [0.25, 0.3) is 0 Å². The predicted octanol–water partition coefficient (Wildman–Crippen LogP) is 17.1. The van der Waals surface area contributed by atoms with Crippen LogP contribution in [0.5, 0.6) is 0 Å². The highest BCUT2D eigenvalue weighted by Gasteiger charge is 2.19. The van der Waals surface area contributed by atoms with Gasteiger partial charge in [-0.2, -0.15) is 0 Å². The number of ether oxygens (including phenoxy) is 3. The first kappa shape index (κ1) is 60.1. The van der Waals surface area contributed by atoms with Crippen LogP contribution in [0.4, 0.5) is 0 Å². The molecule has 362 valence electrons. The van der Waals surface area contributed by atoms with Crippen molar-refractivity contribution in [2.24, 2.45) is 0 Å². The van der Waals surface area contributed by atoms with Crippen LogP contribution in [0.1, 0.15) is 220 Å². The van der Waals surface area contributed by atoms with E-state index in [0.29, 0.717) is 19.3 Å². The highest BCUT2D eigenvalue weighted by atomic mass is 16.6. The summed E-state index contributed by atoms with van der Waals surface area (Å²) in [7, 11) is 0. The molecule has 0 radical (unpaired) electrons. The van der Waals surface area contributed by atoms with Crippen molar-refractivity contribution in [3.8, 4) is 0 Å². The molecule has 6 nitrogen and oxygen atoms in total. The van der Waals surface area contributed by atoms with E-state index in [1.165, 1.54) is 96.3 Å². The highest BCUT2D eigenvalue weighted by molar-refractivity contribution is 5.71. The molecule has 6 heteroatoms. The first-order valence-electron chi connectivity index (χ1n) is 26.0. The third-order valence-corrected chi connectivity index (χ3v) is 10.7. The topological polar surface area (TPSA) is 78.9 Å². The van der Waals surface area contributed by atoms with Gasteiger partial charge in [0.05, 0.1) is 0 Å². The minimum Gasteiger partial charge on any atom is -0.462 e. The molecule has 0 bridgehead atoms. The average molecular weight is 887 g/mol. The van der Waals surface area contributed by atoms with Gasteiger partial charge < -0.3 is 14.2 Å². The number of esters is 3. The van der Waals surface area contributed by atoms with Gasteiger partial charge in [-0.15, -0.1) is 0 Å². The maximum absolute atomic E-state index is 12.8. The summed E-state index contributed by atoms with van der Waals surface area (Å²) in [4.78, 5) is 37.9. The van der Waals surface area contributed by atoms with Crippen molar-refractivity contribution in [3.05, 3.63) is 109 Å². The molecule has 0 heterocycles. The summed E-state index contributed by atoms with van der Waals surface area (Å²) in [5.74, 6) is -1.05. The molecule has 0 N–H and O–H groups in total. The second-order valence-electron chi connectivity index (χ2n) is 16.8. The fraction of sp³-hybridized carbons (Fsp3) is 0.638. The second-order valence-corrected chi connectivity index (χ2v) is 16.8. The van der Waals surface area contributed by atoms with Gasteiger partial charge in [-0.3, -0.25) is 14.4 Å². The Labute approximate surface area is 393 Å². The maximum Gasteiger partial charge on any atom is 0.306 e. The van der Waals surface area contributed by atoms with Crippen LogP contribution >= 0.6 is 0 Å². The minimum absolute atomic E-state index is 0.123. The van der Waals surface area contributed by atoms with Crippen molar-refractivity contribution in [2.45, 2.75) is 226 Å². The van der Waals surface area contributed by atoms with Crippen LogP contribution in [0.25, 0.3) is 0 Å². The fourth-order valence-corrected chi connectivity index (χ4v) is 6.76. The van der Waals surface area contributed by atoms with E-state index < -0.39 is 6.10 Å². The summed E-state index contributed by atoms with van der Waals surface area (Å²) in [5, 5.41) is 0. The van der Waals surface area contributed by atoms with Gasteiger partial charge in [0.2, 0.25) is 0 Å². The van der Waals surface area contributed by atoms with Crippen LogP contribution in [0.2, 0.25) is 0 Å². The van der Waals surface area contributed by atoms with Gasteiger partial charge in [-0.1, -0.05) is 226 Å². The van der Waals surface area contributed by atoms with Gasteiger partial charge in [-0.05, 0) is 83.5 Å². The van der Waals surface area contributed by atoms with E-state index in [1.807, 2.05) is 66.8 Å². The van der Waals surface area contributed by atoms with Gasteiger partial charge >= 0.3 is 17.9 Å². The van der Waals surface area contributed by atoms with Crippen molar-refractivity contribution in [1.29, 1.82) is 0 Å². The van der Waals surface area contributed by atoms with E-state index in [2.05, 4.69) is 63.3 Å². The van der Waals surface area contributed by atoms with E-state index in [0.717, 1.165) is 77.0 Å². The van der Waals surface area contributed by atoms with Crippen molar-refractivity contribution in [1.82, 2.24) is 0 Å². The normalized spacial score (nSPS) is 13.0. The Balaban J connectivity index is 4.56. The largest absolute Gasteiger partial charge is 0.462 e. The Morgan fingerprint density at radius 2 is 0.703 bits per heavy atom. The van der Waals surface area contributed by atoms with E-state index in [-0.39, 0.29) is 37.5 Å². The van der Waals surface area contributed by atoms with Gasteiger partial charge in [-0.25, -0.2) is 0 Å². The lowest BCUT2D eigenvalue weighted by atomic mass is 10.1. The third kappa shape index (κ3) is 49.1. The smallest absolute Gasteiger partial charge is 0.306 e. The summed E-state index contributed by atoms with van der Waals surface area (Å²) in [5.41, 5.74) is 0. The van der Waals surface area contributed by atoms with Crippen molar-refractivity contribution < 1.29 is 28.6 Å². The van der Waals surface area contributed by atoms with Gasteiger partial charge in [0, 0.05) is 19.3 Å². The number of hydrogen-bond acceptors (Lipinski definition) is 6. The lowest BCUT2D eigenvalue weighted by molar-refractivity contribution is -0.166. The second kappa shape index (κ2) is 51.7. The monoisotopic (exact) mass is 887 g/mol. The van der Waals surface area contributed by atoms with Gasteiger partial charge in [0.15, 0.2) is 6.10 Å². The first-order valence-corrected chi connectivity index (χ1v) is 26.0. The quantitative estimate of drug-likeness (QED) is 0.0199. The molecule has 64 heavy (non-hydrogen) atoms. The molecule has 1 unspecified atom stereocenters. The standard InChI is InChI=1S/C58H94O6/c1-4-7-10-13-16-19-22-25-27-29-31-33-36-39-42-45-48-51-57(60)63-54-55(53-62-56(59)50-47-44-41-38-35-32-24-21-18-15-12-9-6-3)64-58(61)52-49-46-43-40-37-34-30-28-26-23-20-17-14-11-8-5-2/h7,10,13,16,19,22,25,27-33,35-36,41,44,55H,4-6,8-9,11-12,14-15,17-18,20-21,23-24,26,34,37-40,42-43,45-54H2,1-3H3/b10-7-,16-13-,22-19-,27-25-,30-28-,31-29+,35-32-,36-33-,44-41-. The predicted molar refractivity (Wildman–Crippen MR) is 274 cm³/mol. The summed E-state index contributed by atoms with van der Waals surface area (Å²) < 4.78 is 16.7. The summed E-state index contributed by atoms with van der Waals surface area (Å²) >= 11 is 0. The molecule has 0 saturated carbocycles. The average Bonchev–Trinajstić information content (AvgIpc) is 3.29. The molecule has 0 aromatic carbocycles. The molecule has 0 rings (SSSR count). The van der Waals surface area contributed by atoms with E-state index in [4.69, 9.17) is 14.2 Å². The Kier molecular flexibility index (Phi) is 48.5. The van der Waals surface area contributed by atoms with E-state index >= 15 is 0 Å². The zero-order valence-corrected chi connectivity index (χ0v) is 41.3. The van der Waals surface area contributed by atoms with Crippen molar-refractivity contribution >= 4 is 17.9 Å². The van der Waals surface area contributed by atoms with Crippen LogP contribution in [0.15, 0.2) is 109 Å². The maximum atomic E-state index is 12.8. The van der Waals surface area contributed by atoms with Crippen molar-refractivity contribution in [2.75, 3.05) is 13.2 Å². The van der Waals surface area contributed by atoms with Gasteiger partial charge in [0.1, 0.15) is 13.2 Å². The number of hydrogen-bond donors (Lipinski definition) is 0. The Morgan fingerprint density at radius 3 is 1.20 bits per heavy atom. The van der Waals surface area contributed by atoms with Crippen LogP contribution < -0.4 is 0 Å². The molecular formula is C58H94O6. The first-order chi connectivity index (χ1) is 31.5. The third-order valence-electron chi connectivity index (χ3n) is 10.7. The summed E-state index contributed by atoms with van der Waals surface area (Å²) in [6, 6.07) is 0. The minimum atomic E-state index is -0.825. The Morgan fingerprint density at radius 1 is 0.344 bits per heavy atom. The highest BCUT2D eigenvalue weighted by Crippen LogP contribution is 2.13. The number of unbranched alkanes of at least 4 members (excludes halogenated alkanes) is 21. The molecule has 0 aromatic heterocycles. The van der Waals surface area contributed by atoms with E-state index in [9.17, 15) is 14.4 Å². The Hall–Kier alpha value is -3.93. The van der Waals surface area contributed by atoms with Crippen LogP contribution in [-0.2, 0) is 28.6 Å². The zero-order valence-electron chi connectivity index (χ0n) is 41.3. The number of carbonyl (C=O) groups excluding carboxylic acids is 3. The van der Waals surface area contributed by atoms with E-state index in [1.54, 1.807) is 0 Å². The molecule has 1 atom stereocenters. The van der Waals surface area contributed by atoms with Crippen molar-refractivity contribution in [3.63, 3.8) is 0 Å². The molecular weight excluding hydrogens is 793 g/mol. The molecule has 0 aliphatic rings. The fourth-order valence-electron chi connectivity index (χ4n) is 6.76. The summed E-state index contributed by atoms with van der Waals surface area (Å²) in [6.07, 6.45) is 69.4. The number of allylic oxidation sites excluding steroid dienone is 18. The number of carbonyl (C=O) groups is 3. The molecule has 0 saturated heterocycles. The van der Waals surface area contributed by atoms with Crippen LogP contribution in [-0.4, -0.2) is 37.2 Å². The lowest BCUT2D eigenvalue weighted by Gasteiger charge is -2.18. The SMILES string of the molecule is CC\C=C/C=C\C=C/C=C\C=C\C=C/CCCCCC(=O)OCC(COC(=O)CC/C=C\C/C=C\CCCCCCCC)OC(=O)CCCCCCC/C=C\CCCCCCCCC. The molecule has 0 aliphatic heterocycles. The van der Waals surface area contributed by atoms with Crippen LogP contribution in [0, 0.1) is 0 Å². The Bertz CT molecular complexity index is 1340. The zero-order chi connectivity index (χ0) is 46.5. The summed E-state index contributed by atoms with van der Waals surface area (Å²) in [6.45, 7) is 6.37. The molecule has 0 aromatic rings. The number of rotatable bonds is 45. The molecule has 0 fully saturated rings.